The number of benzene rings is 1. The van der Waals surface area contributed by atoms with E-state index < -0.39 is 0 Å². The van der Waals surface area contributed by atoms with Crippen LogP contribution >= 0.6 is 34.9 Å². The number of fused-ring (bicyclic) bond motifs is 1. The Morgan fingerprint density at radius 3 is 2.85 bits per heavy atom. The maximum absolute atomic E-state index is 6.38. The lowest BCUT2D eigenvalue weighted by Crippen LogP contribution is -2.18. The first kappa shape index (κ1) is 14.2. The third kappa shape index (κ3) is 2.67. The molecule has 106 valence electrons. The summed E-state index contributed by atoms with van der Waals surface area (Å²) in [6.07, 6.45) is 2.98. The minimum Gasteiger partial charge on any atom is -0.497 e. The molecule has 1 aromatic heterocycles. The lowest BCUT2D eigenvalue weighted by molar-refractivity contribution is 0.414. The Morgan fingerprint density at radius 1 is 1.35 bits per heavy atom. The Balaban J connectivity index is 1.77. The number of nitrogens with zero attached hydrogens (tertiary/aromatic N) is 2. The topological polar surface area (TPSA) is 61.0 Å². The first-order valence-corrected chi connectivity index (χ1v) is 9.10. The van der Waals surface area contributed by atoms with E-state index in [4.69, 9.17) is 10.5 Å². The van der Waals surface area contributed by atoms with Gasteiger partial charge in [-0.3, -0.25) is 0 Å². The van der Waals surface area contributed by atoms with Crippen molar-refractivity contribution < 1.29 is 4.74 Å². The molecule has 0 saturated heterocycles. The second-order valence-corrected chi connectivity index (χ2v) is 8.01. The summed E-state index contributed by atoms with van der Waals surface area (Å²) in [5.41, 5.74) is 8.88. The molecule has 2 aromatic rings. The Morgan fingerprint density at radius 2 is 2.15 bits per heavy atom. The molecule has 2 atom stereocenters. The molecule has 1 heterocycles. The number of thioether (sulfide) groups is 2. The van der Waals surface area contributed by atoms with Crippen LogP contribution in [0.5, 0.6) is 5.75 Å². The van der Waals surface area contributed by atoms with Crippen molar-refractivity contribution in [3.05, 3.63) is 29.3 Å². The summed E-state index contributed by atoms with van der Waals surface area (Å²) in [6.45, 7) is 0. The van der Waals surface area contributed by atoms with Crippen LogP contribution in [0.3, 0.4) is 0 Å². The van der Waals surface area contributed by atoms with Crippen molar-refractivity contribution in [2.75, 3.05) is 13.4 Å². The summed E-state index contributed by atoms with van der Waals surface area (Å²) in [4.78, 5) is 0. The van der Waals surface area contributed by atoms with Gasteiger partial charge < -0.3 is 10.5 Å². The summed E-state index contributed by atoms with van der Waals surface area (Å²) >= 11 is 4.99. The van der Waals surface area contributed by atoms with E-state index in [1.165, 1.54) is 11.1 Å². The molecule has 7 heteroatoms. The number of methoxy groups -OCH3 is 1. The average Bonchev–Trinajstić information content (AvgIpc) is 3.05. The van der Waals surface area contributed by atoms with Gasteiger partial charge in [0.15, 0.2) is 8.68 Å². The van der Waals surface area contributed by atoms with E-state index in [9.17, 15) is 0 Å². The van der Waals surface area contributed by atoms with E-state index in [2.05, 4.69) is 16.3 Å². The normalized spacial score (nSPS) is 20.9. The van der Waals surface area contributed by atoms with Crippen molar-refractivity contribution >= 4 is 34.9 Å². The summed E-state index contributed by atoms with van der Waals surface area (Å²) in [7, 11) is 1.68. The highest BCUT2D eigenvalue weighted by molar-refractivity contribution is 8.03. The molecule has 1 aliphatic rings. The minimum atomic E-state index is 0.0201. The highest BCUT2D eigenvalue weighted by Crippen LogP contribution is 2.42. The summed E-state index contributed by atoms with van der Waals surface area (Å²) in [6, 6.07) is 6.18. The van der Waals surface area contributed by atoms with Gasteiger partial charge in [-0.15, -0.1) is 10.2 Å². The lowest BCUT2D eigenvalue weighted by atomic mass is 10.1. The summed E-state index contributed by atoms with van der Waals surface area (Å²) in [5, 5.41) is 8.66. The molecule has 2 unspecified atom stereocenters. The second kappa shape index (κ2) is 5.93. The molecule has 0 aliphatic heterocycles. The van der Waals surface area contributed by atoms with Gasteiger partial charge in [0, 0.05) is 11.3 Å². The van der Waals surface area contributed by atoms with Gasteiger partial charge in [-0.05, 0) is 35.9 Å². The van der Waals surface area contributed by atoms with Crippen LogP contribution in [0.1, 0.15) is 17.2 Å². The third-order valence-corrected chi connectivity index (χ3v) is 6.63. The molecule has 20 heavy (non-hydrogen) atoms. The van der Waals surface area contributed by atoms with Crippen LogP contribution < -0.4 is 10.5 Å². The van der Waals surface area contributed by atoms with E-state index in [1.54, 1.807) is 42.0 Å². The van der Waals surface area contributed by atoms with E-state index in [0.29, 0.717) is 5.25 Å². The van der Waals surface area contributed by atoms with Gasteiger partial charge in [0.2, 0.25) is 0 Å². The first-order valence-electron chi connectivity index (χ1n) is 6.18. The van der Waals surface area contributed by atoms with Gasteiger partial charge in [0.05, 0.1) is 7.11 Å². The summed E-state index contributed by atoms with van der Waals surface area (Å²) in [5.74, 6) is 0.866. The van der Waals surface area contributed by atoms with Gasteiger partial charge in [0.25, 0.3) is 0 Å². The molecule has 0 fully saturated rings. The van der Waals surface area contributed by atoms with Gasteiger partial charge in [0.1, 0.15) is 5.75 Å². The molecule has 0 bridgehead atoms. The number of rotatable bonds is 4. The SMILES string of the molecule is COc1ccc2c(c1)C(N)C(Sc1nnc(SC)s1)C2. The van der Waals surface area contributed by atoms with Gasteiger partial charge in [-0.2, -0.15) is 0 Å². The van der Waals surface area contributed by atoms with Crippen molar-refractivity contribution in [3.63, 3.8) is 0 Å². The first-order chi connectivity index (χ1) is 9.71. The Labute approximate surface area is 130 Å². The van der Waals surface area contributed by atoms with Crippen LogP contribution in [0.4, 0.5) is 0 Å². The molecule has 3 rings (SSSR count). The standard InChI is InChI=1S/C13H15N3OS3/c1-17-8-4-3-7-5-10(11(14)9(7)6-8)19-13-16-15-12(18-2)20-13/h3-4,6,10-11H,5,14H2,1-2H3. The fourth-order valence-corrected chi connectivity index (χ4v) is 5.18. The van der Waals surface area contributed by atoms with Crippen molar-refractivity contribution in [3.8, 4) is 5.75 Å². The second-order valence-electron chi connectivity index (χ2n) is 4.49. The van der Waals surface area contributed by atoms with E-state index in [1.807, 2.05) is 18.4 Å². The Bertz CT molecular complexity index is 617. The van der Waals surface area contributed by atoms with Gasteiger partial charge in [-0.25, -0.2) is 0 Å². The molecule has 0 saturated carbocycles. The highest BCUT2D eigenvalue weighted by Gasteiger charge is 2.31. The van der Waals surface area contributed by atoms with Crippen molar-refractivity contribution in [2.45, 2.75) is 26.4 Å². The zero-order valence-electron chi connectivity index (χ0n) is 11.2. The van der Waals surface area contributed by atoms with E-state index >= 15 is 0 Å². The number of hydrogen-bond donors (Lipinski definition) is 1. The highest BCUT2D eigenvalue weighted by atomic mass is 32.2. The van der Waals surface area contributed by atoms with Crippen LogP contribution in [0.25, 0.3) is 0 Å². The van der Waals surface area contributed by atoms with Crippen LogP contribution in [-0.4, -0.2) is 28.8 Å². The fourth-order valence-electron chi connectivity index (χ4n) is 2.31. The monoisotopic (exact) mass is 325 g/mol. The maximum atomic E-state index is 6.38. The Hall–Kier alpha value is -0.760. The minimum absolute atomic E-state index is 0.0201. The number of aromatic nitrogens is 2. The van der Waals surface area contributed by atoms with Crippen molar-refractivity contribution in [2.24, 2.45) is 5.73 Å². The van der Waals surface area contributed by atoms with Crippen LogP contribution in [-0.2, 0) is 6.42 Å². The largest absolute Gasteiger partial charge is 0.497 e. The third-order valence-electron chi connectivity index (χ3n) is 3.35. The van der Waals surface area contributed by atoms with Gasteiger partial charge in [-0.1, -0.05) is 40.9 Å². The molecule has 1 aromatic carbocycles. The predicted octanol–water partition coefficient (Wildman–Crippen LogP) is 2.99. The zero-order valence-corrected chi connectivity index (χ0v) is 13.6. The molecule has 4 nitrogen and oxygen atoms in total. The van der Waals surface area contributed by atoms with E-state index in [0.717, 1.165) is 20.8 Å². The fraction of sp³-hybridized carbons (Fsp3) is 0.385. The molecule has 1 aliphatic carbocycles. The van der Waals surface area contributed by atoms with Crippen molar-refractivity contribution in [1.82, 2.24) is 10.2 Å². The smallest absolute Gasteiger partial charge is 0.175 e. The Kier molecular flexibility index (Phi) is 4.21. The summed E-state index contributed by atoms with van der Waals surface area (Å²) < 4.78 is 7.27. The molecular weight excluding hydrogens is 310 g/mol. The zero-order chi connectivity index (χ0) is 14.1. The maximum Gasteiger partial charge on any atom is 0.175 e. The molecule has 0 radical (unpaired) electrons. The quantitative estimate of drug-likeness (QED) is 0.872. The molecule has 2 N–H and O–H groups in total. The van der Waals surface area contributed by atoms with Gasteiger partial charge >= 0.3 is 0 Å². The predicted molar refractivity (Wildman–Crippen MR) is 85.0 cm³/mol. The lowest BCUT2D eigenvalue weighted by Gasteiger charge is -2.13. The van der Waals surface area contributed by atoms with Crippen LogP contribution in [0, 0.1) is 0 Å². The number of nitrogens with two attached hydrogens (primary N) is 1. The van der Waals surface area contributed by atoms with Crippen LogP contribution in [0.15, 0.2) is 26.9 Å². The molecule has 0 spiro atoms. The van der Waals surface area contributed by atoms with Crippen LogP contribution in [0.2, 0.25) is 0 Å². The molecule has 0 amide bonds. The molecular formula is C13H15N3OS3. The van der Waals surface area contributed by atoms with Crippen molar-refractivity contribution in [1.29, 1.82) is 0 Å². The number of hydrogen-bond acceptors (Lipinski definition) is 7. The van der Waals surface area contributed by atoms with E-state index in [-0.39, 0.29) is 6.04 Å². The number of ether oxygens (including phenoxy) is 1. The average molecular weight is 325 g/mol.